The van der Waals surface area contributed by atoms with Crippen LogP contribution in [0.25, 0.3) is 0 Å². The van der Waals surface area contributed by atoms with E-state index in [1.54, 1.807) is 0 Å². The summed E-state index contributed by atoms with van der Waals surface area (Å²) in [6, 6.07) is 0. The van der Waals surface area contributed by atoms with Gasteiger partial charge in [-0.15, -0.1) is 0 Å². The molecule has 0 aromatic carbocycles. The van der Waals surface area contributed by atoms with E-state index < -0.39 is 6.10 Å². The largest absolute Gasteiger partial charge is 0.462 e. The summed E-state index contributed by atoms with van der Waals surface area (Å²) in [6.45, 7) is 6.70. The van der Waals surface area contributed by atoms with Crippen LogP contribution in [-0.2, 0) is 28.6 Å². The van der Waals surface area contributed by atoms with Crippen LogP contribution >= 0.6 is 0 Å². The van der Waals surface area contributed by atoms with Gasteiger partial charge in [-0.05, 0) is 44.9 Å². The summed E-state index contributed by atoms with van der Waals surface area (Å²) in [5.41, 5.74) is 0. The molecule has 0 spiro atoms. The number of carbonyl (C=O) groups is 3. The minimum atomic E-state index is -0.769. The van der Waals surface area contributed by atoms with E-state index >= 15 is 0 Å². The van der Waals surface area contributed by atoms with Crippen LogP contribution in [0.5, 0.6) is 0 Å². The molecule has 0 aliphatic heterocycles. The van der Waals surface area contributed by atoms with Crippen LogP contribution in [0.2, 0.25) is 0 Å². The number of hydrogen-bond donors (Lipinski definition) is 0. The highest BCUT2D eigenvalue weighted by molar-refractivity contribution is 5.71. The third kappa shape index (κ3) is 64.9. The van der Waals surface area contributed by atoms with Gasteiger partial charge in [-0.25, -0.2) is 0 Å². The maximum Gasteiger partial charge on any atom is 0.306 e. The minimum Gasteiger partial charge on any atom is -0.462 e. The van der Waals surface area contributed by atoms with Gasteiger partial charge in [-0.3, -0.25) is 14.4 Å². The topological polar surface area (TPSA) is 78.9 Å². The lowest BCUT2D eigenvalue weighted by Crippen LogP contribution is -2.30. The fraction of sp³-hybridized carbons (Fsp3) is 0.930. The zero-order valence-electron chi connectivity index (χ0n) is 52.5. The zero-order valence-corrected chi connectivity index (χ0v) is 52.5. The Kier molecular flexibility index (Phi) is 65.1. The number of carbonyl (C=O) groups excluding carboxylic acids is 3. The van der Waals surface area contributed by atoms with E-state index in [9.17, 15) is 14.4 Å². The molecular weight excluding hydrogens is 949 g/mol. The molecule has 1 unspecified atom stereocenters. The highest BCUT2D eigenvalue weighted by Gasteiger charge is 2.19. The van der Waals surface area contributed by atoms with Crippen LogP contribution in [0.3, 0.4) is 0 Å². The SMILES string of the molecule is CCCCC/C=C\CCCCCCCC(=O)OCC(COC(=O)CCCCCCCCCCCCCCCCCCCCCCCCCCCCCCC)OC(=O)CCCCCCCCCCCCCCCCCCCC. The van der Waals surface area contributed by atoms with Gasteiger partial charge in [0.1, 0.15) is 13.2 Å². The Morgan fingerprint density at radius 1 is 0.247 bits per heavy atom. The monoisotopic (exact) mass is 1090 g/mol. The van der Waals surface area contributed by atoms with Gasteiger partial charge in [-0.2, -0.15) is 0 Å². The Bertz CT molecular complexity index is 1200. The number of esters is 3. The molecule has 0 rings (SSSR count). The molecule has 0 heterocycles. The van der Waals surface area contributed by atoms with E-state index in [0.29, 0.717) is 19.3 Å². The molecule has 0 radical (unpaired) electrons. The molecule has 0 amide bonds. The first kappa shape index (κ1) is 75.2. The second-order valence-electron chi connectivity index (χ2n) is 24.2. The van der Waals surface area contributed by atoms with E-state index in [0.717, 1.165) is 64.2 Å². The highest BCUT2D eigenvalue weighted by Crippen LogP contribution is 2.19. The molecule has 0 aromatic rings. The number of unbranched alkanes of at least 4 members (excludes halogenated alkanes) is 53. The molecule has 0 fully saturated rings. The molecular formula is C71H136O6. The molecule has 6 heteroatoms. The number of rotatable bonds is 66. The van der Waals surface area contributed by atoms with Crippen LogP contribution in [-0.4, -0.2) is 37.2 Å². The van der Waals surface area contributed by atoms with E-state index in [1.807, 2.05) is 0 Å². The molecule has 0 N–H and O–H groups in total. The smallest absolute Gasteiger partial charge is 0.306 e. The fourth-order valence-electron chi connectivity index (χ4n) is 11.0. The van der Waals surface area contributed by atoms with E-state index in [4.69, 9.17) is 14.2 Å². The molecule has 0 saturated heterocycles. The second-order valence-corrected chi connectivity index (χ2v) is 24.2. The van der Waals surface area contributed by atoms with Crippen molar-refractivity contribution in [3.05, 3.63) is 12.2 Å². The third-order valence-corrected chi connectivity index (χ3v) is 16.3. The Morgan fingerprint density at radius 2 is 0.429 bits per heavy atom. The highest BCUT2D eigenvalue weighted by atomic mass is 16.6. The van der Waals surface area contributed by atoms with Crippen molar-refractivity contribution in [1.82, 2.24) is 0 Å². The second kappa shape index (κ2) is 66.7. The normalized spacial score (nSPS) is 12.0. The van der Waals surface area contributed by atoms with Crippen LogP contribution in [0.1, 0.15) is 406 Å². The summed E-state index contributed by atoms with van der Waals surface area (Å²) in [5.74, 6) is -0.843. The summed E-state index contributed by atoms with van der Waals surface area (Å²) in [7, 11) is 0. The maximum absolute atomic E-state index is 12.9. The first-order valence-corrected chi connectivity index (χ1v) is 35.2. The summed E-state index contributed by atoms with van der Waals surface area (Å²) in [6.07, 6.45) is 79.7. The summed E-state index contributed by atoms with van der Waals surface area (Å²) in [5, 5.41) is 0. The first-order valence-electron chi connectivity index (χ1n) is 35.2. The van der Waals surface area contributed by atoms with Gasteiger partial charge in [-0.1, -0.05) is 354 Å². The summed E-state index contributed by atoms with van der Waals surface area (Å²) < 4.78 is 17.0. The lowest BCUT2D eigenvalue weighted by molar-refractivity contribution is -0.167. The van der Waals surface area contributed by atoms with Crippen molar-refractivity contribution in [3.63, 3.8) is 0 Å². The molecule has 6 nitrogen and oxygen atoms in total. The molecule has 0 saturated carbocycles. The lowest BCUT2D eigenvalue weighted by Gasteiger charge is -2.18. The quantitative estimate of drug-likeness (QED) is 0.0261. The number of hydrogen-bond acceptors (Lipinski definition) is 6. The summed E-state index contributed by atoms with van der Waals surface area (Å²) >= 11 is 0. The van der Waals surface area contributed by atoms with Crippen molar-refractivity contribution >= 4 is 17.9 Å². The fourth-order valence-corrected chi connectivity index (χ4v) is 11.0. The lowest BCUT2D eigenvalue weighted by atomic mass is 10.0. The Morgan fingerprint density at radius 3 is 0.675 bits per heavy atom. The van der Waals surface area contributed by atoms with Crippen molar-refractivity contribution in [1.29, 1.82) is 0 Å². The van der Waals surface area contributed by atoms with E-state index in [1.165, 1.54) is 302 Å². The third-order valence-electron chi connectivity index (χ3n) is 16.3. The molecule has 77 heavy (non-hydrogen) atoms. The Hall–Kier alpha value is -1.85. The van der Waals surface area contributed by atoms with Crippen molar-refractivity contribution in [2.45, 2.75) is 412 Å². The standard InChI is InChI=1S/C71H136O6/c1-4-7-10-13-16-19-22-25-27-29-31-32-33-34-35-36-37-38-39-40-41-43-44-46-49-52-55-58-61-64-70(73)76-67-68(66-75-69(72)63-60-57-54-51-48-24-21-18-15-12-9-6-3)77-71(74)65-62-59-56-53-50-47-45-42-30-28-26-23-20-17-14-11-8-5-2/h18,21,68H,4-17,19-20,22-67H2,1-3H3/b21-18-. The van der Waals surface area contributed by atoms with Crippen LogP contribution in [0.15, 0.2) is 12.2 Å². The van der Waals surface area contributed by atoms with Gasteiger partial charge in [0, 0.05) is 19.3 Å². The van der Waals surface area contributed by atoms with Gasteiger partial charge < -0.3 is 14.2 Å². The predicted molar refractivity (Wildman–Crippen MR) is 335 cm³/mol. The molecule has 0 bridgehead atoms. The van der Waals surface area contributed by atoms with Gasteiger partial charge in [0.25, 0.3) is 0 Å². The van der Waals surface area contributed by atoms with Crippen molar-refractivity contribution < 1.29 is 28.6 Å². The van der Waals surface area contributed by atoms with E-state index in [-0.39, 0.29) is 31.1 Å². The molecule has 0 aromatic heterocycles. The Labute approximate surface area is 481 Å². The molecule has 1 atom stereocenters. The van der Waals surface area contributed by atoms with Crippen LogP contribution < -0.4 is 0 Å². The molecule has 0 aliphatic rings. The zero-order chi connectivity index (χ0) is 55.7. The Balaban J connectivity index is 4.12. The minimum absolute atomic E-state index is 0.0659. The van der Waals surface area contributed by atoms with Gasteiger partial charge in [0.2, 0.25) is 0 Å². The maximum atomic E-state index is 12.9. The average molecular weight is 1090 g/mol. The molecule has 456 valence electrons. The van der Waals surface area contributed by atoms with E-state index in [2.05, 4.69) is 32.9 Å². The van der Waals surface area contributed by atoms with Gasteiger partial charge in [0.15, 0.2) is 6.10 Å². The van der Waals surface area contributed by atoms with Crippen molar-refractivity contribution in [3.8, 4) is 0 Å². The number of ether oxygens (including phenoxy) is 3. The number of allylic oxidation sites excluding steroid dienone is 2. The molecule has 0 aliphatic carbocycles. The first-order chi connectivity index (χ1) is 38.0. The van der Waals surface area contributed by atoms with Crippen molar-refractivity contribution in [2.75, 3.05) is 13.2 Å². The van der Waals surface area contributed by atoms with Crippen LogP contribution in [0.4, 0.5) is 0 Å². The average Bonchev–Trinajstić information content (AvgIpc) is 3.43. The van der Waals surface area contributed by atoms with Crippen LogP contribution in [0, 0.1) is 0 Å². The summed E-state index contributed by atoms with van der Waals surface area (Å²) in [4.78, 5) is 38.3. The van der Waals surface area contributed by atoms with Crippen molar-refractivity contribution in [2.24, 2.45) is 0 Å². The van der Waals surface area contributed by atoms with Gasteiger partial charge in [0.05, 0.1) is 0 Å². The van der Waals surface area contributed by atoms with Gasteiger partial charge >= 0.3 is 17.9 Å². The predicted octanol–water partition coefficient (Wildman–Crippen LogP) is 24.0.